The molecule has 2 aromatic rings. The van der Waals surface area contributed by atoms with Crippen molar-refractivity contribution in [3.8, 4) is 5.75 Å². The SMILES string of the molecule is CCCc1cc(C(C)C)nc2c(OCCN3CCCC3)cccc12. The summed E-state index contributed by atoms with van der Waals surface area (Å²) in [5, 5.41) is 1.25. The van der Waals surface area contributed by atoms with E-state index in [1.807, 2.05) is 0 Å². The van der Waals surface area contributed by atoms with Gasteiger partial charge in [-0.15, -0.1) is 0 Å². The fourth-order valence-electron chi connectivity index (χ4n) is 3.49. The normalized spacial score (nSPS) is 15.5. The van der Waals surface area contributed by atoms with Crippen molar-refractivity contribution in [3.63, 3.8) is 0 Å². The van der Waals surface area contributed by atoms with Gasteiger partial charge in [-0.1, -0.05) is 39.3 Å². The van der Waals surface area contributed by atoms with Gasteiger partial charge in [-0.25, -0.2) is 4.98 Å². The molecule has 3 nitrogen and oxygen atoms in total. The lowest BCUT2D eigenvalue weighted by Crippen LogP contribution is -2.25. The number of pyridine rings is 1. The van der Waals surface area contributed by atoms with Crippen molar-refractivity contribution in [2.45, 2.75) is 52.4 Å². The molecular weight excluding hydrogens is 296 g/mol. The predicted octanol–water partition coefficient (Wildman–Crippen LogP) is 4.79. The number of nitrogens with zero attached hydrogens (tertiary/aromatic N) is 2. The summed E-state index contributed by atoms with van der Waals surface area (Å²) in [7, 11) is 0. The quantitative estimate of drug-likeness (QED) is 0.732. The van der Waals surface area contributed by atoms with Crippen LogP contribution in [0.1, 0.15) is 57.2 Å². The summed E-state index contributed by atoms with van der Waals surface area (Å²) in [6.07, 6.45) is 4.90. The fourth-order valence-corrected chi connectivity index (χ4v) is 3.49. The number of fused-ring (bicyclic) bond motifs is 1. The molecule has 1 fully saturated rings. The Balaban J connectivity index is 1.86. The minimum atomic E-state index is 0.433. The van der Waals surface area contributed by atoms with E-state index in [0.717, 1.165) is 37.3 Å². The van der Waals surface area contributed by atoms with Gasteiger partial charge in [0, 0.05) is 17.6 Å². The Hall–Kier alpha value is -1.61. The van der Waals surface area contributed by atoms with Crippen LogP contribution in [-0.4, -0.2) is 36.1 Å². The first-order valence-electron chi connectivity index (χ1n) is 9.46. The molecule has 130 valence electrons. The molecule has 1 aliphatic rings. The van der Waals surface area contributed by atoms with E-state index >= 15 is 0 Å². The third kappa shape index (κ3) is 3.89. The molecule has 0 radical (unpaired) electrons. The Bertz CT molecular complexity index is 675. The minimum absolute atomic E-state index is 0.433. The number of benzene rings is 1. The molecule has 1 saturated heterocycles. The summed E-state index contributed by atoms with van der Waals surface area (Å²) >= 11 is 0. The Morgan fingerprint density at radius 3 is 2.71 bits per heavy atom. The monoisotopic (exact) mass is 326 g/mol. The lowest BCUT2D eigenvalue weighted by molar-refractivity contribution is 0.239. The van der Waals surface area contributed by atoms with E-state index in [1.54, 1.807) is 0 Å². The maximum Gasteiger partial charge on any atom is 0.145 e. The molecule has 0 bridgehead atoms. The van der Waals surface area contributed by atoms with E-state index in [0.29, 0.717) is 5.92 Å². The van der Waals surface area contributed by atoms with Crippen molar-refractivity contribution in [2.75, 3.05) is 26.2 Å². The average molecular weight is 326 g/mol. The van der Waals surface area contributed by atoms with Crippen LogP contribution in [0.2, 0.25) is 0 Å². The van der Waals surface area contributed by atoms with Crippen LogP contribution in [0, 0.1) is 0 Å². The largest absolute Gasteiger partial charge is 0.490 e. The standard InChI is InChI=1S/C21H30N2O/c1-4-8-17-15-19(16(2)3)22-21-18(17)9-7-10-20(21)24-14-13-23-11-5-6-12-23/h7,9-10,15-16H,4-6,8,11-14H2,1-3H3. The second-order valence-electron chi connectivity index (χ2n) is 7.16. The lowest BCUT2D eigenvalue weighted by Gasteiger charge is -2.17. The molecule has 1 aliphatic heterocycles. The topological polar surface area (TPSA) is 25.4 Å². The number of hydrogen-bond donors (Lipinski definition) is 0. The van der Waals surface area contributed by atoms with Crippen molar-refractivity contribution in [3.05, 3.63) is 35.5 Å². The van der Waals surface area contributed by atoms with E-state index in [2.05, 4.69) is 49.9 Å². The van der Waals surface area contributed by atoms with E-state index in [1.165, 1.54) is 42.6 Å². The van der Waals surface area contributed by atoms with Gasteiger partial charge in [0.15, 0.2) is 0 Å². The minimum Gasteiger partial charge on any atom is -0.490 e. The zero-order valence-electron chi connectivity index (χ0n) is 15.3. The molecule has 2 heterocycles. The predicted molar refractivity (Wildman–Crippen MR) is 101 cm³/mol. The summed E-state index contributed by atoms with van der Waals surface area (Å²) in [4.78, 5) is 7.42. The molecule has 3 heteroatoms. The summed E-state index contributed by atoms with van der Waals surface area (Å²) < 4.78 is 6.14. The van der Waals surface area contributed by atoms with Crippen molar-refractivity contribution in [1.82, 2.24) is 9.88 Å². The highest BCUT2D eigenvalue weighted by Crippen LogP contribution is 2.30. The van der Waals surface area contributed by atoms with Gasteiger partial charge in [0.05, 0.1) is 0 Å². The van der Waals surface area contributed by atoms with Crippen molar-refractivity contribution in [2.24, 2.45) is 0 Å². The van der Waals surface area contributed by atoms with Crippen LogP contribution in [0.4, 0.5) is 0 Å². The third-order valence-corrected chi connectivity index (χ3v) is 4.88. The van der Waals surface area contributed by atoms with Crippen LogP contribution in [0.15, 0.2) is 24.3 Å². The molecule has 0 unspecified atom stereocenters. The van der Waals surface area contributed by atoms with Gasteiger partial charge in [-0.2, -0.15) is 0 Å². The maximum absolute atomic E-state index is 6.14. The van der Waals surface area contributed by atoms with Crippen LogP contribution < -0.4 is 4.74 Å². The van der Waals surface area contributed by atoms with Crippen LogP contribution in [0.25, 0.3) is 10.9 Å². The van der Waals surface area contributed by atoms with Crippen LogP contribution in [0.3, 0.4) is 0 Å². The third-order valence-electron chi connectivity index (χ3n) is 4.88. The molecular formula is C21H30N2O. The second-order valence-corrected chi connectivity index (χ2v) is 7.16. The van der Waals surface area contributed by atoms with Gasteiger partial charge in [-0.3, -0.25) is 4.90 Å². The summed E-state index contributed by atoms with van der Waals surface area (Å²) in [5.41, 5.74) is 3.60. The molecule has 0 amide bonds. The molecule has 0 spiro atoms. The second kappa shape index (κ2) is 7.98. The number of rotatable bonds is 7. The number of ether oxygens (including phenoxy) is 1. The molecule has 0 N–H and O–H groups in total. The first-order chi connectivity index (χ1) is 11.7. The Kier molecular flexibility index (Phi) is 5.72. The number of likely N-dealkylation sites (tertiary alicyclic amines) is 1. The highest BCUT2D eigenvalue weighted by molar-refractivity contribution is 5.87. The van der Waals surface area contributed by atoms with Gasteiger partial charge >= 0.3 is 0 Å². The molecule has 0 saturated carbocycles. The number of hydrogen-bond acceptors (Lipinski definition) is 3. The fraction of sp³-hybridized carbons (Fsp3) is 0.571. The molecule has 1 aromatic heterocycles. The van der Waals surface area contributed by atoms with Crippen molar-refractivity contribution in [1.29, 1.82) is 0 Å². The van der Waals surface area contributed by atoms with E-state index in [4.69, 9.17) is 9.72 Å². The lowest BCUT2D eigenvalue weighted by atomic mass is 9.99. The average Bonchev–Trinajstić information content (AvgIpc) is 3.08. The molecule has 24 heavy (non-hydrogen) atoms. The Morgan fingerprint density at radius 1 is 1.21 bits per heavy atom. The molecule has 0 aliphatic carbocycles. The number of aryl methyl sites for hydroxylation is 1. The van der Waals surface area contributed by atoms with Gasteiger partial charge in [0.2, 0.25) is 0 Å². The van der Waals surface area contributed by atoms with Crippen LogP contribution >= 0.6 is 0 Å². The van der Waals surface area contributed by atoms with Gasteiger partial charge in [-0.05, 0) is 56.0 Å². The van der Waals surface area contributed by atoms with Crippen molar-refractivity contribution < 1.29 is 4.74 Å². The van der Waals surface area contributed by atoms with E-state index in [-0.39, 0.29) is 0 Å². The smallest absolute Gasteiger partial charge is 0.145 e. The maximum atomic E-state index is 6.14. The van der Waals surface area contributed by atoms with E-state index < -0.39 is 0 Å². The summed E-state index contributed by atoms with van der Waals surface area (Å²) in [6.45, 7) is 10.8. The molecule has 1 aromatic carbocycles. The number of para-hydroxylation sites is 1. The highest BCUT2D eigenvalue weighted by Gasteiger charge is 2.14. The van der Waals surface area contributed by atoms with Gasteiger partial charge in [0.1, 0.15) is 17.9 Å². The summed E-state index contributed by atoms with van der Waals surface area (Å²) in [5.74, 6) is 1.37. The summed E-state index contributed by atoms with van der Waals surface area (Å²) in [6, 6.07) is 8.64. The first-order valence-corrected chi connectivity index (χ1v) is 9.46. The molecule has 0 atom stereocenters. The molecule has 3 rings (SSSR count). The van der Waals surface area contributed by atoms with Crippen LogP contribution in [0.5, 0.6) is 5.75 Å². The highest BCUT2D eigenvalue weighted by atomic mass is 16.5. The van der Waals surface area contributed by atoms with Crippen LogP contribution in [-0.2, 0) is 6.42 Å². The van der Waals surface area contributed by atoms with Gasteiger partial charge < -0.3 is 4.74 Å². The number of aromatic nitrogens is 1. The van der Waals surface area contributed by atoms with E-state index in [9.17, 15) is 0 Å². The zero-order chi connectivity index (χ0) is 16.9. The van der Waals surface area contributed by atoms with Crippen molar-refractivity contribution >= 4 is 10.9 Å². The Morgan fingerprint density at radius 2 is 2.00 bits per heavy atom. The Labute approximate surface area is 146 Å². The van der Waals surface area contributed by atoms with Gasteiger partial charge in [0.25, 0.3) is 0 Å². The first kappa shape index (κ1) is 17.2. The zero-order valence-corrected chi connectivity index (χ0v) is 15.3.